The third kappa shape index (κ3) is 10.8. The summed E-state index contributed by atoms with van der Waals surface area (Å²) in [5.41, 5.74) is 2.03. The van der Waals surface area contributed by atoms with Crippen LogP contribution in [0, 0.1) is 17.7 Å². The minimum atomic E-state index is -0.890. The normalized spacial score (nSPS) is 27.5. The molecule has 1 aromatic rings. The summed E-state index contributed by atoms with van der Waals surface area (Å²) < 4.78 is 31.9. The lowest BCUT2D eigenvalue weighted by Gasteiger charge is -2.36. The summed E-state index contributed by atoms with van der Waals surface area (Å²) in [4.78, 5) is 46.2. The number of esters is 1. The molecular weight excluding hydrogens is 619 g/mol. The van der Waals surface area contributed by atoms with Gasteiger partial charge in [0, 0.05) is 71.1 Å². The minimum absolute atomic E-state index is 0.0474. The van der Waals surface area contributed by atoms with E-state index in [1.807, 2.05) is 57.0 Å². The van der Waals surface area contributed by atoms with E-state index in [2.05, 4.69) is 9.80 Å². The molecule has 3 heterocycles. The van der Waals surface area contributed by atoms with E-state index >= 15 is 0 Å². The topological polar surface area (TPSA) is 112 Å². The average Bonchev–Trinajstić information content (AvgIpc) is 3.06. The number of methoxy groups -OCH3 is 1. The van der Waals surface area contributed by atoms with Crippen molar-refractivity contribution in [3.05, 3.63) is 47.3 Å². The molecule has 3 aliphatic heterocycles. The van der Waals surface area contributed by atoms with Gasteiger partial charge in [0.2, 0.25) is 5.91 Å². The van der Waals surface area contributed by atoms with Gasteiger partial charge in [0.05, 0.1) is 25.6 Å². The molecule has 0 aromatic heterocycles. The molecule has 1 N–H and O–H groups in total. The van der Waals surface area contributed by atoms with Gasteiger partial charge < -0.3 is 38.9 Å². The van der Waals surface area contributed by atoms with E-state index in [0.717, 1.165) is 13.1 Å². The van der Waals surface area contributed by atoms with E-state index in [-0.39, 0.29) is 30.3 Å². The standard InChI is InChI=1S/C36H53FN4O7/c1-25-6-8-31(42)24-34(44)48-35(26(2)7-9-32(25)47-36(45)41-13-11-38(4)12-14-41)27(3)20-28-21-29(37)23-30(22-28)39-15-17-40(18-16-39)33(43)10-19-46-5/h7,9,20-23,25-26,31-32,35,42H,6,8,10-19,24H2,1-5H3/b9-7-,27-20+/t25-,26-,31+,32-,35-/m0/s1. The first-order valence-corrected chi connectivity index (χ1v) is 17.1. The molecule has 2 fully saturated rings. The van der Waals surface area contributed by atoms with Gasteiger partial charge in [-0.25, -0.2) is 9.18 Å². The van der Waals surface area contributed by atoms with Gasteiger partial charge >= 0.3 is 12.1 Å². The molecule has 0 unspecified atom stereocenters. The lowest BCUT2D eigenvalue weighted by Crippen LogP contribution is -2.49. The SMILES string of the molecule is COCCC(=O)N1CCN(c2cc(F)cc(/C=C(\C)[C@H]3OC(=O)C[C@H](O)CC[C@H](C)[C@@H](OC(=O)N4CCN(C)CC4)/C=C\[C@@H]3C)c2)CC1. The van der Waals surface area contributed by atoms with Gasteiger partial charge in [-0.15, -0.1) is 0 Å². The largest absolute Gasteiger partial charge is 0.457 e. The summed E-state index contributed by atoms with van der Waals surface area (Å²) in [6.07, 6.45) is 4.25. The Labute approximate surface area is 284 Å². The highest BCUT2D eigenvalue weighted by molar-refractivity contribution is 5.76. The van der Waals surface area contributed by atoms with Crippen LogP contribution in [0.25, 0.3) is 6.08 Å². The first-order chi connectivity index (χ1) is 22.9. The van der Waals surface area contributed by atoms with Gasteiger partial charge in [-0.3, -0.25) is 9.59 Å². The summed E-state index contributed by atoms with van der Waals surface area (Å²) in [6.45, 7) is 11.1. The summed E-state index contributed by atoms with van der Waals surface area (Å²) >= 11 is 0. The molecule has 0 bridgehead atoms. The Hall–Kier alpha value is -3.48. The van der Waals surface area contributed by atoms with Gasteiger partial charge in [-0.05, 0) is 68.1 Å². The van der Waals surface area contributed by atoms with Crippen LogP contribution in [-0.2, 0) is 23.8 Å². The number of amides is 2. The number of piperazine rings is 2. The zero-order valence-electron chi connectivity index (χ0n) is 29.1. The van der Waals surface area contributed by atoms with Crippen molar-refractivity contribution in [1.82, 2.24) is 14.7 Å². The van der Waals surface area contributed by atoms with Crippen molar-refractivity contribution in [3.63, 3.8) is 0 Å². The third-order valence-electron chi connectivity index (χ3n) is 9.52. The molecule has 0 saturated carbocycles. The highest BCUT2D eigenvalue weighted by atomic mass is 19.1. The van der Waals surface area contributed by atoms with Crippen molar-refractivity contribution in [1.29, 1.82) is 0 Å². The molecule has 3 aliphatic rings. The molecule has 266 valence electrons. The van der Waals surface area contributed by atoms with Crippen LogP contribution < -0.4 is 4.90 Å². The molecule has 11 nitrogen and oxygen atoms in total. The second-order valence-corrected chi connectivity index (χ2v) is 13.4. The van der Waals surface area contributed by atoms with Gasteiger partial charge in [-0.1, -0.05) is 26.0 Å². The predicted octanol–water partition coefficient (Wildman–Crippen LogP) is 3.95. The molecule has 48 heavy (non-hydrogen) atoms. The Balaban J connectivity index is 1.51. The number of benzene rings is 1. The molecule has 4 rings (SSSR count). The van der Waals surface area contributed by atoms with Crippen LogP contribution >= 0.6 is 0 Å². The number of nitrogens with zero attached hydrogens (tertiary/aromatic N) is 4. The fourth-order valence-corrected chi connectivity index (χ4v) is 6.40. The van der Waals surface area contributed by atoms with Crippen LogP contribution in [0.5, 0.6) is 0 Å². The zero-order valence-corrected chi connectivity index (χ0v) is 29.1. The second kappa shape index (κ2) is 17.8. The number of hydrogen-bond donors (Lipinski definition) is 1. The van der Waals surface area contributed by atoms with E-state index in [4.69, 9.17) is 14.2 Å². The van der Waals surface area contributed by atoms with Gasteiger partial charge in [-0.2, -0.15) is 0 Å². The van der Waals surface area contributed by atoms with Crippen molar-refractivity contribution in [2.24, 2.45) is 11.8 Å². The van der Waals surface area contributed by atoms with E-state index in [1.165, 1.54) is 12.1 Å². The number of cyclic esters (lactones) is 1. The van der Waals surface area contributed by atoms with Crippen molar-refractivity contribution < 1.29 is 38.1 Å². The molecule has 0 spiro atoms. The van der Waals surface area contributed by atoms with Gasteiger partial charge in [0.1, 0.15) is 18.0 Å². The van der Waals surface area contributed by atoms with Crippen LogP contribution in [0.15, 0.2) is 35.9 Å². The first-order valence-electron chi connectivity index (χ1n) is 17.1. The van der Waals surface area contributed by atoms with Crippen LogP contribution in [0.4, 0.5) is 14.9 Å². The number of halogens is 1. The monoisotopic (exact) mass is 672 g/mol. The fourth-order valence-electron chi connectivity index (χ4n) is 6.40. The number of hydrogen-bond acceptors (Lipinski definition) is 9. The third-order valence-corrected chi connectivity index (χ3v) is 9.52. The van der Waals surface area contributed by atoms with E-state index in [1.54, 1.807) is 12.0 Å². The molecule has 0 radical (unpaired) electrons. The maximum absolute atomic E-state index is 14.9. The lowest BCUT2D eigenvalue weighted by molar-refractivity contribution is -0.151. The number of carbonyl (C=O) groups excluding carboxylic acids is 3. The quantitative estimate of drug-likeness (QED) is 0.340. The van der Waals surface area contributed by atoms with Crippen LogP contribution in [-0.4, -0.2) is 129 Å². The minimum Gasteiger partial charge on any atom is -0.457 e. The number of ether oxygens (including phenoxy) is 3. The van der Waals surface area contributed by atoms with Crippen molar-refractivity contribution in [2.45, 2.75) is 64.8 Å². The number of carbonyl (C=O) groups is 3. The van der Waals surface area contributed by atoms with E-state index < -0.39 is 30.1 Å². The lowest BCUT2D eigenvalue weighted by atomic mass is 9.91. The average molecular weight is 673 g/mol. The van der Waals surface area contributed by atoms with Gasteiger partial charge in [0.25, 0.3) is 0 Å². The van der Waals surface area contributed by atoms with Crippen LogP contribution in [0.3, 0.4) is 0 Å². The number of rotatable bonds is 7. The number of aliphatic hydroxyl groups excluding tert-OH is 1. The molecule has 2 saturated heterocycles. The highest BCUT2D eigenvalue weighted by Gasteiger charge is 2.29. The van der Waals surface area contributed by atoms with E-state index in [0.29, 0.717) is 82.0 Å². The van der Waals surface area contributed by atoms with Gasteiger partial charge in [0.15, 0.2) is 0 Å². The maximum atomic E-state index is 14.9. The number of likely N-dealkylation sites (N-methyl/N-ethyl adjacent to an activating group) is 1. The second-order valence-electron chi connectivity index (χ2n) is 13.4. The maximum Gasteiger partial charge on any atom is 0.410 e. The Morgan fingerprint density at radius 3 is 2.38 bits per heavy atom. The smallest absolute Gasteiger partial charge is 0.410 e. The number of aliphatic hydroxyl groups is 1. The van der Waals surface area contributed by atoms with Crippen molar-refractivity contribution >= 4 is 29.7 Å². The number of anilines is 1. The summed E-state index contributed by atoms with van der Waals surface area (Å²) in [6, 6.07) is 4.82. The molecule has 2 amide bonds. The van der Waals surface area contributed by atoms with Crippen molar-refractivity contribution in [3.8, 4) is 0 Å². The fraction of sp³-hybridized carbons (Fsp3) is 0.639. The summed E-state index contributed by atoms with van der Waals surface area (Å²) in [5.74, 6) is -1.25. The molecule has 12 heteroatoms. The van der Waals surface area contributed by atoms with Crippen molar-refractivity contribution in [2.75, 3.05) is 78.0 Å². The predicted molar refractivity (Wildman–Crippen MR) is 182 cm³/mol. The first kappa shape index (κ1) is 37.3. The molecular formula is C36H53FN4O7. The molecule has 0 aliphatic carbocycles. The summed E-state index contributed by atoms with van der Waals surface area (Å²) in [7, 11) is 3.60. The Morgan fingerprint density at radius 1 is 1.00 bits per heavy atom. The van der Waals surface area contributed by atoms with Crippen LogP contribution in [0.2, 0.25) is 0 Å². The zero-order chi connectivity index (χ0) is 34.8. The Morgan fingerprint density at radius 2 is 1.69 bits per heavy atom. The molecule has 5 atom stereocenters. The van der Waals surface area contributed by atoms with E-state index in [9.17, 15) is 23.9 Å². The highest BCUT2D eigenvalue weighted by Crippen LogP contribution is 2.28. The Kier molecular flexibility index (Phi) is 13.8. The summed E-state index contributed by atoms with van der Waals surface area (Å²) in [5, 5.41) is 10.6. The van der Waals surface area contributed by atoms with Crippen LogP contribution in [0.1, 0.15) is 52.0 Å². The Bertz CT molecular complexity index is 1310. The molecule has 1 aromatic carbocycles.